The normalized spacial score (nSPS) is 11.5. The highest BCUT2D eigenvalue weighted by Gasteiger charge is 2.07. The molecule has 0 fully saturated rings. The van der Waals surface area contributed by atoms with Gasteiger partial charge in [0.2, 0.25) is 5.89 Å². The number of nitrogens with zero attached hydrogens (tertiary/aromatic N) is 2. The lowest BCUT2D eigenvalue weighted by atomic mass is 10.2. The molecule has 0 aliphatic rings. The maximum atomic E-state index is 13.3. The van der Waals surface area contributed by atoms with Gasteiger partial charge in [0.1, 0.15) is 17.9 Å². The number of guanidine groups is 1. The zero-order valence-corrected chi connectivity index (χ0v) is 15.6. The van der Waals surface area contributed by atoms with E-state index in [1.54, 1.807) is 24.5 Å². The van der Waals surface area contributed by atoms with Gasteiger partial charge in [-0.15, -0.1) is 0 Å². The fraction of sp³-hybridized carbons (Fsp3) is 0.238. The Labute approximate surface area is 162 Å². The molecule has 0 amide bonds. The van der Waals surface area contributed by atoms with Crippen LogP contribution in [0, 0.1) is 11.6 Å². The SMILES string of the molecule is CCNC(=NCc1cccc(F)c1)NCCc1coc(-c2ccc(F)cc2)n1. The summed E-state index contributed by atoms with van der Waals surface area (Å²) in [5, 5.41) is 6.38. The van der Waals surface area contributed by atoms with Gasteiger partial charge >= 0.3 is 0 Å². The summed E-state index contributed by atoms with van der Waals surface area (Å²) in [6.45, 7) is 3.68. The van der Waals surface area contributed by atoms with Crippen LogP contribution in [0.25, 0.3) is 11.5 Å². The molecule has 2 N–H and O–H groups in total. The molecule has 0 aliphatic heterocycles. The molecular formula is C21H22F2N4O. The largest absolute Gasteiger partial charge is 0.444 e. The number of aliphatic imine (C=N–C) groups is 1. The van der Waals surface area contributed by atoms with E-state index in [2.05, 4.69) is 20.6 Å². The summed E-state index contributed by atoms with van der Waals surface area (Å²) in [6.07, 6.45) is 2.23. The summed E-state index contributed by atoms with van der Waals surface area (Å²) in [5.74, 6) is 0.539. The summed E-state index contributed by atoms with van der Waals surface area (Å²) < 4.78 is 31.7. The quantitative estimate of drug-likeness (QED) is 0.479. The van der Waals surface area contributed by atoms with Crippen LogP contribution in [0.2, 0.25) is 0 Å². The molecule has 0 radical (unpaired) electrons. The van der Waals surface area contributed by atoms with E-state index in [4.69, 9.17) is 4.42 Å². The van der Waals surface area contributed by atoms with Crippen molar-refractivity contribution < 1.29 is 13.2 Å². The first-order valence-corrected chi connectivity index (χ1v) is 9.11. The number of halogens is 2. The first-order chi connectivity index (χ1) is 13.6. The van der Waals surface area contributed by atoms with Gasteiger partial charge in [0.15, 0.2) is 5.96 Å². The molecule has 2 aromatic carbocycles. The topological polar surface area (TPSA) is 62.5 Å². The Kier molecular flexibility index (Phi) is 6.73. The molecule has 5 nitrogen and oxygen atoms in total. The predicted octanol–water partition coefficient (Wildman–Crippen LogP) is 3.92. The molecule has 0 saturated heterocycles. The van der Waals surface area contributed by atoms with Gasteiger partial charge in [0, 0.05) is 25.1 Å². The van der Waals surface area contributed by atoms with Crippen molar-refractivity contribution in [2.24, 2.45) is 4.99 Å². The maximum absolute atomic E-state index is 13.3. The van der Waals surface area contributed by atoms with E-state index in [1.165, 1.54) is 24.3 Å². The second kappa shape index (κ2) is 9.64. The summed E-state index contributed by atoms with van der Waals surface area (Å²) in [6, 6.07) is 12.4. The Balaban J connectivity index is 1.54. The molecule has 0 atom stereocenters. The Morgan fingerprint density at radius 1 is 1.07 bits per heavy atom. The van der Waals surface area contributed by atoms with Crippen LogP contribution in [-0.4, -0.2) is 24.0 Å². The number of rotatable bonds is 7. The van der Waals surface area contributed by atoms with E-state index >= 15 is 0 Å². The minimum atomic E-state index is -0.298. The average molecular weight is 384 g/mol. The highest BCUT2D eigenvalue weighted by Crippen LogP contribution is 2.18. The predicted molar refractivity (Wildman–Crippen MR) is 105 cm³/mol. The van der Waals surface area contributed by atoms with Gasteiger partial charge in [-0.05, 0) is 48.9 Å². The first-order valence-electron chi connectivity index (χ1n) is 9.11. The maximum Gasteiger partial charge on any atom is 0.226 e. The third-order valence-corrected chi connectivity index (χ3v) is 3.97. The van der Waals surface area contributed by atoms with Crippen molar-refractivity contribution in [3.05, 3.63) is 77.7 Å². The molecule has 1 aromatic heterocycles. The van der Waals surface area contributed by atoms with Crippen molar-refractivity contribution in [3.8, 4) is 11.5 Å². The molecule has 146 valence electrons. The third-order valence-electron chi connectivity index (χ3n) is 3.97. The summed E-state index contributed by atoms with van der Waals surface area (Å²) in [5.41, 5.74) is 2.32. The van der Waals surface area contributed by atoms with Crippen molar-refractivity contribution in [1.82, 2.24) is 15.6 Å². The van der Waals surface area contributed by atoms with E-state index in [-0.39, 0.29) is 11.6 Å². The van der Waals surface area contributed by atoms with Gasteiger partial charge in [0.25, 0.3) is 0 Å². The Hall–Kier alpha value is -3.22. The summed E-state index contributed by atoms with van der Waals surface area (Å²) in [4.78, 5) is 8.89. The average Bonchev–Trinajstić information content (AvgIpc) is 3.15. The molecule has 0 saturated carbocycles. The minimum absolute atomic E-state index is 0.270. The van der Waals surface area contributed by atoms with Crippen LogP contribution in [0.15, 0.2) is 64.2 Å². The van der Waals surface area contributed by atoms with Crippen LogP contribution in [0.3, 0.4) is 0 Å². The molecule has 0 unspecified atom stereocenters. The standard InChI is InChI=1S/C21H22F2N4O/c1-2-24-21(26-13-15-4-3-5-18(23)12-15)25-11-10-19-14-28-20(27-19)16-6-8-17(22)9-7-16/h3-9,12,14H,2,10-11,13H2,1H3,(H2,24,25,26). The van der Waals surface area contributed by atoms with Crippen molar-refractivity contribution in [2.75, 3.05) is 13.1 Å². The van der Waals surface area contributed by atoms with Crippen LogP contribution >= 0.6 is 0 Å². The highest BCUT2D eigenvalue weighted by molar-refractivity contribution is 5.79. The van der Waals surface area contributed by atoms with Gasteiger partial charge in [-0.3, -0.25) is 0 Å². The molecule has 7 heteroatoms. The van der Waals surface area contributed by atoms with E-state index in [0.29, 0.717) is 37.9 Å². The molecule has 28 heavy (non-hydrogen) atoms. The molecule has 0 bridgehead atoms. The number of benzene rings is 2. The number of hydrogen-bond acceptors (Lipinski definition) is 3. The van der Waals surface area contributed by atoms with Crippen LogP contribution < -0.4 is 10.6 Å². The van der Waals surface area contributed by atoms with Crippen molar-refractivity contribution in [1.29, 1.82) is 0 Å². The number of aromatic nitrogens is 1. The molecule has 0 spiro atoms. The Bertz CT molecular complexity index is 922. The highest BCUT2D eigenvalue weighted by atomic mass is 19.1. The molecular weight excluding hydrogens is 362 g/mol. The van der Waals surface area contributed by atoms with E-state index < -0.39 is 0 Å². The molecule has 3 aromatic rings. The van der Waals surface area contributed by atoms with E-state index in [9.17, 15) is 8.78 Å². The lowest BCUT2D eigenvalue weighted by Gasteiger charge is -2.10. The molecule has 0 aliphatic carbocycles. The second-order valence-electron chi connectivity index (χ2n) is 6.15. The minimum Gasteiger partial charge on any atom is -0.444 e. The fourth-order valence-corrected chi connectivity index (χ4v) is 2.60. The third kappa shape index (κ3) is 5.64. The van der Waals surface area contributed by atoms with Crippen molar-refractivity contribution in [2.45, 2.75) is 19.9 Å². The number of nitrogens with one attached hydrogen (secondary N) is 2. The van der Waals surface area contributed by atoms with E-state index in [1.807, 2.05) is 13.0 Å². The van der Waals surface area contributed by atoms with Gasteiger partial charge in [-0.25, -0.2) is 18.8 Å². The van der Waals surface area contributed by atoms with Gasteiger partial charge in [-0.2, -0.15) is 0 Å². The lowest BCUT2D eigenvalue weighted by molar-refractivity contribution is 0.571. The Morgan fingerprint density at radius 3 is 2.64 bits per heavy atom. The summed E-state index contributed by atoms with van der Waals surface area (Å²) in [7, 11) is 0. The van der Waals surface area contributed by atoms with Gasteiger partial charge < -0.3 is 15.1 Å². The first kappa shape index (κ1) is 19.5. The van der Waals surface area contributed by atoms with Crippen molar-refractivity contribution in [3.63, 3.8) is 0 Å². The smallest absolute Gasteiger partial charge is 0.226 e. The fourth-order valence-electron chi connectivity index (χ4n) is 2.60. The van der Waals surface area contributed by atoms with Gasteiger partial charge in [-0.1, -0.05) is 12.1 Å². The van der Waals surface area contributed by atoms with E-state index in [0.717, 1.165) is 16.8 Å². The van der Waals surface area contributed by atoms with Gasteiger partial charge in [0.05, 0.1) is 12.2 Å². The summed E-state index contributed by atoms with van der Waals surface area (Å²) >= 11 is 0. The number of oxazole rings is 1. The Morgan fingerprint density at radius 2 is 1.89 bits per heavy atom. The molecule has 3 rings (SSSR count). The second-order valence-corrected chi connectivity index (χ2v) is 6.15. The number of hydrogen-bond donors (Lipinski definition) is 2. The van der Waals surface area contributed by atoms with Crippen LogP contribution in [0.4, 0.5) is 8.78 Å². The van der Waals surface area contributed by atoms with Crippen LogP contribution in [0.5, 0.6) is 0 Å². The zero-order valence-electron chi connectivity index (χ0n) is 15.6. The monoisotopic (exact) mass is 384 g/mol. The zero-order chi connectivity index (χ0) is 19.8. The van der Waals surface area contributed by atoms with Crippen LogP contribution in [-0.2, 0) is 13.0 Å². The van der Waals surface area contributed by atoms with Crippen LogP contribution in [0.1, 0.15) is 18.2 Å². The van der Waals surface area contributed by atoms with Crippen molar-refractivity contribution >= 4 is 5.96 Å². The molecule has 1 heterocycles. The lowest BCUT2D eigenvalue weighted by Crippen LogP contribution is -2.38.